The largest absolute Gasteiger partial charge is 0.380 e. The van der Waals surface area contributed by atoms with Gasteiger partial charge in [-0.1, -0.05) is 13.8 Å². The second-order valence-corrected chi connectivity index (χ2v) is 4.22. The van der Waals surface area contributed by atoms with Crippen molar-refractivity contribution < 1.29 is 4.74 Å². The van der Waals surface area contributed by atoms with Gasteiger partial charge in [-0.05, 0) is 27.4 Å². The highest BCUT2D eigenvalue weighted by atomic mass is 16.5. The number of rotatable bonds is 4. The predicted octanol–water partition coefficient (Wildman–Crippen LogP) is 1.68. The van der Waals surface area contributed by atoms with Crippen molar-refractivity contribution in [3.8, 4) is 0 Å². The third-order valence-corrected chi connectivity index (χ3v) is 2.97. The SMILES string of the molecule is CC.COC1CCN(CC(C)N(C)C)C1. The molecule has 1 fully saturated rings. The number of likely N-dealkylation sites (tertiary alicyclic amines) is 1. The van der Waals surface area contributed by atoms with E-state index in [1.165, 1.54) is 13.0 Å². The second-order valence-electron chi connectivity index (χ2n) is 4.22. The van der Waals surface area contributed by atoms with Crippen LogP contribution in [0.5, 0.6) is 0 Å². The molecule has 0 aliphatic carbocycles. The summed E-state index contributed by atoms with van der Waals surface area (Å²) in [6.45, 7) is 9.72. The molecule has 0 aromatic carbocycles. The lowest BCUT2D eigenvalue weighted by molar-refractivity contribution is 0.104. The molecule has 2 atom stereocenters. The molecule has 2 unspecified atom stereocenters. The lowest BCUT2D eigenvalue weighted by Crippen LogP contribution is -2.37. The summed E-state index contributed by atoms with van der Waals surface area (Å²) < 4.78 is 5.33. The molecule has 1 rings (SSSR count). The first kappa shape index (κ1) is 14.9. The molecule has 3 heteroatoms. The first-order chi connectivity index (χ1) is 7.13. The van der Waals surface area contributed by atoms with Crippen molar-refractivity contribution in [1.82, 2.24) is 9.80 Å². The van der Waals surface area contributed by atoms with E-state index in [-0.39, 0.29) is 0 Å². The molecule has 1 saturated heterocycles. The first-order valence-corrected chi connectivity index (χ1v) is 6.05. The Bertz CT molecular complexity index is 151. The fraction of sp³-hybridized carbons (Fsp3) is 1.00. The summed E-state index contributed by atoms with van der Waals surface area (Å²) in [6.07, 6.45) is 1.66. The average molecular weight is 216 g/mol. The lowest BCUT2D eigenvalue weighted by atomic mass is 10.3. The van der Waals surface area contributed by atoms with E-state index >= 15 is 0 Å². The predicted molar refractivity (Wildman–Crippen MR) is 66.4 cm³/mol. The van der Waals surface area contributed by atoms with E-state index in [0.29, 0.717) is 12.1 Å². The van der Waals surface area contributed by atoms with Crippen LogP contribution in [0.4, 0.5) is 0 Å². The maximum absolute atomic E-state index is 5.33. The molecule has 1 aliphatic rings. The van der Waals surface area contributed by atoms with Gasteiger partial charge in [0.25, 0.3) is 0 Å². The fourth-order valence-electron chi connectivity index (χ4n) is 1.69. The third-order valence-electron chi connectivity index (χ3n) is 2.97. The monoisotopic (exact) mass is 216 g/mol. The van der Waals surface area contributed by atoms with E-state index in [0.717, 1.165) is 13.1 Å². The van der Waals surface area contributed by atoms with Gasteiger partial charge in [-0.25, -0.2) is 0 Å². The van der Waals surface area contributed by atoms with Crippen LogP contribution in [0.1, 0.15) is 27.2 Å². The van der Waals surface area contributed by atoms with Gasteiger partial charge in [-0.2, -0.15) is 0 Å². The zero-order chi connectivity index (χ0) is 11.8. The minimum atomic E-state index is 0.467. The first-order valence-electron chi connectivity index (χ1n) is 6.05. The van der Waals surface area contributed by atoms with Crippen LogP contribution in [0.2, 0.25) is 0 Å². The molecule has 3 nitrogen and oxygen atoms in total. The summed E-state index contributed by atoms with van der Waals surface area (Å²) in [5.41, 5.74) is 0. The molecule has 0 aromatic rings. The summed E-state index contributed by atoms with van der Waals surface area (Å²) in [4.78, 5) is 4.75. The van der Waals surface area contributed by atoms with Gasteiger partial charge in [-0.15, -0.1) is 0 Å². The molecule has 0 saturated carbocycles. The van der Waals surface area contributed by atoms with Crippen molar-refractivity contribution in [1.29, 1.82) is 0 Å². The van der Waals surface area contributed by atoms with E-state index in [2.05, 4.69) is 30.8 Å². The van der Waals surface area contributed by atoms with Gasteiger partial charge < -0.3 is 9.64 Å². The Morgan fingerprint density at radius 1 is 1.40 bits per heavy atom. The molecule has 92 valence electrons. The maximum Gasteiger partial charge on any atom is 0.0710 e. The van der Waals surface area contributed by atoms with Gasteiger partial charge in [-0.3, -0.25) is 4.90 Å². The van der Waals surface area contributed by atoms with Crippen molar-refractivity contribution in [2.24, 2.45) is 0 Å². The van der Waals surface area contributed by atoms with E-state index < -0.39 is 0 Å². The van der Waals surface area contributed by atoms with Gasteiger partial charge in [0.15, 0.2) is 0 Å². The normalized spacial score (nSPS) is 23.8. The van der Waals surface area contributed by atoms with Gasteiger partial charge >= 0.3 is 0 Å². The molecule has 0 spiro atoms. The number of nitrogens with zero attached hydrogens (tertiary/aromatic N) is 2. The van der Waals surface area contributed by atoms with Crippen LogP contribution >= 0.6 is 0 Å². The smallest absolute Gasteiger partial charge is 0.0710 e. The minimum Gasteiger partial charge on any atom is -0.380 e. The van der Waals surface area contributed by atoms with Crippen LogP contribution in [0.25, 0.3) is 0 Å². The van der Waals surface area contributed by atoms with Crippen LogP contribution in [0.15, 0.2) is 0 Å². The molecule has 1 aliphatic heterocycles. The summed E-state index contributed by atoms with van der Waals surface area (Å²) in [7, 11) is 6.08. The molecular formula is C12H28N2O. The summed E-state index contributed by atoms with van der Waals surface area (Å²) in [6, 6.07) is 0.635. The van der Waals surface area contributed by atoms with E-state index in [1.807, 2.05) is 21.0 Å². The van der Waals surface area contributed by atoms with Crippen molar-refractivity contribution in [2.45, 2.75) is 39.3 Å². The summed E-state index contributed by atoms with van der Waals surface area (Å²) in [5, 5.41) is 0. The second kappa shape index (κ2) is 8.08. The number of ether oxygens (including phenoxy) is 1. The highest BCUT2D eigenvalue weighted by molar-refractivity contribution is 4.78. The zero-order valence-corrected chi connectivity index (χ0v) is 11.3. The van der Waals surface area contributed by atoms with Gasteiger partial charge in [0.1, 0.15) is 0 Å². The topological polar surface area (TPSA) is 15.7 Å². The highest BCUT2D eigenvalue weighted by Gasteiger charge is 2.23. The quantitative estimate of drug-likeness (QED) is 0.711. The Kier molecular flexibility index (Phi) is 8.02. The van der Waals surface area contributed by atoms with Crippen molar-refractivity contribution >= 4 is 0 Å². The Morgan fingerprint density at radius 3 is 2.40 bits per heavy atom. The van der Waals surface area contributed by atoms with Crippen molar-refractivity contribution in [3.63, 3.8) is 0 Å². The standard InChI is InChI=1S/C10H22N2O.C2H6/c1-9(11(2)3)7-12-6-5-10(8-12)13-4;1-2/h9-10H,5-8H2,1-4H3;1-2H3. The molecule has 0 aromatic heterocycles. The maximum atomic E-state index is 5.33. The highest BCUT2D eigenvalue weighted by Crippen LogP contribution is 2.12. The van der Waals surface area contributed by atoms with Gasteiger partial charge in [0.05, 0.1) is 6.10 Å². The fourth-order valence-corrected chi connectivity index (χ4v) is 1.69. The van der Waals surface area contributed by atoms with Crippen LogP contribution < -0.4 is 0 Å². The Labute approximate surface area is 95.4 Å². The molecule has 0 bridgehead atoms. The van der Waals surface area contributed by atoms with Crippen LogP contribution in [-0.4, -0.2) is 62.8 Å². The minimum absolute atomic E-state index is 0.467. The number of likely N-dealkylation sites (N-methyl/N-ethyl adjacent to an activating group) is 1. The molecular weight excluding hydrogens is 188 g/mol. The number of methoxy groups -OCH3 is 1. The zero-order valence-electron chi connectivity index (χ0n) is 11.3. The van der Waals surface area contributed by atoms with Crippen molar-refractivity contribution in [2.75, 3.05) is 40.8 Å². The van der Waals surface area contributed by atoms with E-state index in [1.54, 1.807) is 0 Å². The summed E-state index contributed by atoms with van der Waals surface area (Å²) >= 11 is 0. The number of hydrogen-bond acceptors (Lipinski definition) is 3. The molecule has 0 N–H and O–H groups in total. The van der Waals surface area contributed by atoms with Gasteiger partial charge in [0.2, 0.25) is 0 Å². The molecule has 0 radical (unpaired) electrons. The number of hydrogen-bond donors (Lipinski definition) is 0. The Balaban J connectivity index is 0.000000921. The Morgan fingerprint density at radius 2 is 2.00 bits per heavy atom. The van der Waals surface area contributed by atoms with Crippen LogP contribution in [0, 0.1) is 0 Å². The molecule has 1 heterocycles. The molecule has 15 heavy (non-hydrogen) atoms. The van der Waals surface area contributed by atoms with Crippen molar-refractivity contribution in [3.05, 3.63) is 0 Å². The van der Waals surface area contributed by atoms with Crippen LogP contribution in [0.3, 0.4) is 0 Å². The molecule has 0 amide bonds. The lowest BCUT2D eigenvalue weighted by Gasteiger charge is -2.25. The van der Waals surface area contributed by atoms with Crippen LogP contribution in [-0.2, 0) is 4.74 Å². The third kappa shape index (κ3) is 5.50. The van der Waals surface area contributed by atoms with E-state index in [4.69, 9.17) is 4.74 Å². The summed E-state index contributed by atoms with van der Waals surface area (Å²) in [5.74, 6) is 0. The van der Waals surface area contributed by atoms with E-state index in [9.17, 15) is 0 Å². The Hall–Kier alpha value is -0.120. The average Bonchev–Trinajstić information content (AvgIpc) is 2.68. The van der Waals surface area contributed by atoms with Gasteiger partial charge in [0, 0.05) is 32.8 Å².